The summed E-state index contributed by atoms with van der Waals surface area (Å²) in [6.45, 7) is 7.43. The molecule has 98 valence electrons. The maximum Gasteiger partial charge on any atom is 0.220 e. The molecule has 1 amide bonds. The van der Waals surface area contributed by atoms with E-state index < -0.39 is 0 Å². The molecule has 0 aromatic heterocycles. The summed E-state index contributed by atoms with van der Waals surface area (Å²) in [5.74, 6) is 3.17. The third-order valence-electron chi connectivity index (χ3n) is 2.73. The van der Waals surface area contributed by atoms with Crippen molar-refractivity contribution in [3.8, 4) is 0 Å². The van der Waals surface area contributed by atoms with Crippen LogP contribution in [-0.2, 0) is 9.53 Å². The molecule has 1 rings (SSSR count). The van der Waals surface area contributed by atoms with E-state index in [9.17, 15) is 4.79 Å². The number of amides is 1. The largest absolute Gasteiger partial charge is 0.375 e. The van der Waals surface area contributed by atoms with E-state index >= 15 is 0 Å². The first-order chi connectivity index (χ1) is 8.18. The summed E-state index contributed by atoms with van der Waals surface area (Å²) in [7, 11) is 0. The van der Waals surface area contributed by atoms with Crippen LogP contribution in [0.25, 0.3) is 0 Å². The lowest BCUT2D eigenvalue weighted by Crippen LogP contribution is -2.29. The van der Waals surface area contributed by atoms with E-state index in [0.29, 0.717) is 32.1 Å². The lowest BCUT2D eigenvalue weighted by atomic mass is 9.98. The maximum atomic E-state index is 11.6. The van der Waals surface area contributed by atoms with Crippen LogP contribution in [0.15, 0.2) is 12.2 Å². The molecule has 0 bridgehead atoms. The molecule has 4 heteroatoms. The fraction of sp³-hybridized carbons (Fsp3) is 0.769. The van der Waals surface area contributed by atoms with Crippen molar-refractivity contribution in [2.45, 2.75) is 26.2 Å². The van der Waals surface area contributed by atoms with Crippen LogP contribution in [0.2, 0.25) is 0 Å². The molecule has 1 N–H and O–H groups in total. The van der Waals surface area contributed by atoms with Gasteiger partial charge in [0.2, 0.25) is 5.91 Å². The third-order valence-corrected chi connectivity index (χ3v) is 3.78. The van der Waals surface area contributed by atoms with Crippen molar-refractivity contribution in [2.75, 3.05) is 31.3 Å². The number of hydrogen-bond donors (Lipinski definition) is 1. The van der Waals surface area contributed by atoms with Gasteiger partial charge in [0.1, 0.15) is 0 Å². The van der Waals surface area contributed by atoms with E-state index in [0.717, 1.165) is 5.57 Å². The minimum absolute atomic E-state index is 0.167. The number of rotatable bonds is 7. The van der Waals surface area contributed by atoms with Gasteiger partial charge in [-0.25, -0.2) is 0 Å². The lowest BCUT2D eigenvalue weighted by Gasteiger charge is -2.20. The second-order valence-corrected chi connectivity index (χ2v) is 5.84. The fourth-order valence-corrected chi connectivity index (χ4v) is 3.00. The van der Waals surface area contributed by atoms with Gasteiger partial charge in [0, 0.05) is 13.0 Å². The van der Waals surface area contributed by atoms with Crippen LogP contribution < -0.4 is 5.32 Å². The second-order valence-electron chi connectivity index (χ2n) is 4.62. The molecule has 1 aliphatic heterocycles. The summed E-state index contributed by atoms with van der Waals surface area (Å²) in [6, 6.07) is 0. The van der Waals surface area contributed by atoms with Crippen LogP contribution in [0.1, 0.15) is 26.2 Å². The number of thioether (sulfide) groups is 1. The zero-order valence-electron chi connectivity index (χ0n) is 10.7. The molecule has 0 atom stereocenters. The van der Waals surface area contributed by atoms with Crippen molar-refractivity contribution in [1.82, 2.24) is 5.32 Å². The van der Waals surface area contributed by atoms with Gasteiger partial charge in [0.15, 0.2) is 0 Å². The van der Waals surface area contributed by atoms with Gasteiger partial charge in [-0.1, -0.05) is 12.2 Å². The Kier molecular flexibility index (Phi) is 7.37. The minimum atomic E-state index is 0.167. The highest BCUT2D eigenvalue weighted by Crippen LogP contribution is 2.24. The molecule has 1 saturated heterocycles. The van der Waals surface area contributed by atoms with Crippen LogP contribution in [0.3, 0.4) is 0 Å². The average Bonchev–Trinajstić information content (AvgIpc) is 2.29. The van der Waals surface area contributed by atoms with E-state index in [2.05, 4.69) is 11.9 Å². The Bertz CT molecular complexity index is 250. The van der Waals surface area contributed by atoms with Gasteiger partial charge in [-0.2, -0.15) is 11.8 Å². The maximum absolute atomic E-state index is 11.6. The number of carbonyl (C=O) groups excluding carboxylic acids is 1. The molecule has 0 aliphatic carbocycles. The van der Waals surface area contributed by atoms with Crippen molar-refractivity contribution in [3.05, 3.63) is 12.2 Å². The molecule has 0 aromatic carbocycles. The van der Waals surface area contributed by atoms with Gasteiger partial charge >= 0.3 is 0 Å². The Hall–Kier alpha value is -0.480. The molecule has 1 aliphatic rings. The molecular formula is C13H23NO2S. The SMILES string of the molecule is C=C(C)COCCNC(=O)CC1CCSCC1. The molecule has 0 aromatic rings. The van der Waals surface area contributed by atoms with Crippen LogP contribution in [0.4, 0.5) is 0 Å². The number of ether oxygens (including phenoxy) is 1. The topological polar surface area (TPSA) is 38.3 Å². The van der Waals surface area contributed by atoms with Gasteiger partial charge in [0.25, 0.3) is 0 Å². The van der Waals surface area contributed by atoms with Crippen LogP contribution in [0, 0.1) is 5.92 Å². The summed E-state index contributed by atoms with van der Waals surface area (Å²) in [5.41, 5.74) is 1.01. The summed E-state index contributed by atoms with van der Waals surface area (Å²) in [4.78, 5) is 11.6. The zero-order chi connectivity index (χ0) is 12.5. The monoisotopic (exact) mass is 257 g/mol. The van der Waals surface area contributed by atoms with E-state index in [1.54, 1.807) is 0 Å². The molecule has 0 radical (unpaired) electrons. The summed E-state index contributed by atoms with van der Waals surface area (Å²) >= 11 is 1.99. The normalized spacial score (nSPS) is 16.8. The predicted octanol–water partition coefficient (Wildman–Crippen LogP) is 2.23. The highest BCUT2D eigenvalue weighted by molar-refractivity contribution is 7.99. The first-order valence-corrected chi connectivity index (χ1v) is 7.40. The average molecular weight is 257 g/mol. The molecule has 0 saturated carbocycles. The molecule has 17 heavy (non-hydrogen) atoms. The van der Waals surface area contributed by atoms with Gasteiger partial charge < -0.3 is 10.1 Å². The van der Waals surface area contributed by atoms with Gasteiger partial charge in [-0.15, -0.1) is 0 Å². The van der Waals surface area contributed by atoms with E-state index in [1.165, 1.54) is 24.3 Å². The molecule has 0 spiro atoms. The quantitative estimate of drug-likeness (QED) is 0.561. The van der Waals surface area contributed by atoms with Crippen molar-refractivity contribution in [3.63, 3.8) is 0 Å². The lowest BCUT2D eigenvalue weighted by molar-refractivity contribution is -0.122. The van der Waals surface area contributed by atoms with Gasteiger partial charge in [0.05, 0.1) is 13.2 Å². The highest BCUT2D eigenvalue weighted by atomic mass is 32.2. The first-order valence-electron chi connectivity index (χ1n) is 6.25. The molecule has 0 unspecified atom stereocenters. The number of hydrogen-bond acceptors (Lipinski definition) is 3. The van der Waals surface area contributed by atoms with Crippen LogP contribution in [-0.4, -0.2) is 37.2 Å². The molecular weight excluding hydrogens is 234 g/mol. The van der Waals surface area contributed by atoms with Crippen molar-refractivity contribution in [1.29, 1.82) is 0 Å². The van der Waals surface area contributed by atoms with E-state index in [1.807, 2.05) is 18.7 Å². The fourth-order valence-electron chi connectivity index (χ4n) is 1.79. The Morgan fingerprint density at radius 1 is 1.47 bits per heavy atom. The smallest absolute Gasteiger partial charge is 0.220 e. The van der Waals surface area contributed by atoms with Gasteiger partial charge in [-0.3, -0.25) is 4.79 Å². The number of carbonyl (C=O) groups is 1. The summed E-state index contributed by atoms with van der Waals surface area (Å²) in [5, 5.41) is 2.90. The molecule has 1 heterocycles. The zero-order valence-corrected chi connectivity index (χ0v) is 11.5. The molecule has 1 fully saturated rings. The Morgan fingerprint density at radius 2 is 2.18 bits per heavy atom. The standard InChI is InChI=1S/C13H23NO2S/c1-11(2)10-16-6-5-14-13(15)9-12-3-7-17-8-4-12/h12H,1,3-10H2,2H3,(H,14,15). The van der Waals surface area contributed by atoms with E-state index in [4.69, 9.17) is 4.74 Å². The Morgan fingerprint density at radius 3 is 2.82 bits per heavy atom. The van der Waals surface area contributed by atoms with E-state index in [-0.39, 0.29) is 5.91 Å². The summed E-state index contributed by atoms with van der Waals surface area (Å²) < 4.78 is 5.32. The predicted molar refractivity (Wildman–Crippen MR) is 73.3 cm³/mol. The number of nitrogens with one attached hydrogen (secondary N) is 1. The van der Waals surface area contributed by atoms with Crippen molar-refractivity contribution >= 4 is 17.7 Å². The summed E-state index contributed by atoms with van der Waals surface area (Å²) in [6.07, 6.45) is 3.05. The van der Waals surface area contributed by atoms with Crippen LogP contribution in [0.5, 0.6) is 0 Å². The van der Waals surface area contributed by atoms with Crippen molar-refractivity contribution < 1.29 is 9.53 Å². The third kappa shape index (κ3) is 7.45. The molecule has 3 nitrogen and oxygen atoms in total. The van der Waals surface area contributed by atoms with Crippen molar-refractivity contribution in [2.24, 2.45) is 5.92 Å². The van der Waals surface area contributed by atoms with Crippen LogP contribution >= 0.6 is 11.8 Å². The Labute approximate surface area is 108 Å². The van der Waals surface area contributed by atoms with Gasteiger partial charge in [-0.05, 0) is 37.2 Å². The highest BCUT2D eigenvalue weighted by Gasteiger charge is 2.16. The minimum Gasteiger partial charge on any atom is -0.375 e. The first kappa shape index (κ1) is 14.6. The Balaban J connectivity index is 1.98. The second kappa shape index (κ2) is 8.59.